The number of aromatic carboxylic acids is 1. The second kappa shape index (κ2) is 7.22. The van der Waals surface area contributed by atoms with Crippen molar-refractivity contribution in [1.29, 1.82) is 0 Å². The molecule has 2 N–H and O–H groups in total. The van der Waals surface area contributed by atoms with Gasteiger partial charge in [0.15, 0.2) is 0 Å². The summed E-state index contributed by atoms with van der Waals surface area (Å²) in [4.78, 5) is 34.2. The van der Waals surface area contributed by atoms with E-state index in [0.717, 1.165) is 18.6 Å². The standard InChI is InChI=1S/C13H17N3O5/c1-3-6-14-12(17)8-15(2)9-4-5-10(13(18)19)11(7-9)16(20)21/h4-5,7H,3,6,8H2,1-2H3,(H,14,17)(H,18,19). The van der Waals surface area contributed by atoms with Crippen molar-refractivity contribution in [2.24, 2.45) is 0 Å². The normalized spacial score (nSPS) is 10.0. The van der Waals surface area contributed by atoms with E-state index < -0.39 is 16.6 Å². The lowest BCUT2D eigenvalue weighted by Crippen LogP contribution is -2.35. The maximum atomic E-state index is 11.6. The molecule has 0 aliphatic carbocycles. The number of anilines is 1. The van der Waals surface area contributed by atoms with Gasteiger partial charge in [-0.05, 0) is 18.6 Å². The molecule has 0 aliphatic heterocycles. The highest BCUT2D eigenvalue weighted by atomic mass is 16.6. The number of nitrogens with one attached hydrogen (secondary N) is 1. The molecule has 0 aromatic heterocycles. The summed E-state index contributed by atoms with van der Waals surface area (Å²) < 4.78 is 0. The van der Waals surface area contributed by atoms with Gasteiger partial charge < -0.3 is 15.3 Å². The summed E-state index contributed by atoms with van der Waals surface area (Å²) in [5.41, 5.74) is -0.480. The van der Waals surface area contributed by atoms with Crippen LogP contribution >= 0.6 is 0 Å². The number of carbonyl (C=O) groups is 2. The third kappa shape index (κ3) is 4.44. The molecule has 1 aromatic rings. The molecule has 1 aromatic carbocycles. The number of nitro benzene ring substituents is 1. The van der Waals surface area contributed by atoms with E-state index in [1.54, 1.807) is 7.05 Å². The van der Waals surface area contributed by atoms with E-state index in [1.807, 2.05) is 6.92 Å². The highest BCUT2D eigenvalue weighted by Gasteiger charge is 2.21. The Bertz CT molecular complexity index is 559. The van der Waals surface area contributed by atoms with Crippen LogP contribution in [0.2, 0.25) is 0 Å². The molecule has 21 heavy (non-hydrogen) atoms. The van der Waals surface area contributed by atoms with Crippen LogP contribution in [0.4, 0.5) is 11.4 Å². The second-order valence-corrected chi connectivity index (χ2v) is 4.47. The van der Waals surface area contributed by atoms with Gasteiger partial charge in [-0.3, -0.25) is 14.9 Å². The van der Waals surface area contributed by atoms with Crippen molar-refractivity contribution in [3.05, 3.63) is 33.9 Å². The van der Waals surface area contributed by atoms with Crippen molar-refractivity contribution < 1.29 is 19.6 Å². The first-order chi connectivity index (χ1) is 9.86. The van der Waals surface area contributed by atoms with Crippen LogP contribution in [0.15, 0.2) is 18.2 Å². The Morgan fingerprint density at radius 2 is 2.10 bits per heavy atom. The highest BCUT2D eigenvalue weighted by Crippen LogP contribution is 2.25. The molecule has 0 radical (unpaired) electrons. The van der Waals surface area contributed by atoms with Crippen LogP contribution < -0.4 is 10.2 Å². The summed E-state index contributed by atoms with van der Waals surface area (Å²) in [6.07, 6.45) is 0.814. The average Bonchev–Trinajstić information content (AvgIpc) is 2.44. The fraction of sp³-hybridized carbons (Fsp3) is 0.385. The number of nitro groups is 1. The van der Waals surface area contributed by atoms with E-state index >= 15 is 0 Å². The quantitative estimate of drug-likeness (QED) is 0.578. The largest absolute Gasteiger partial charge is 0.477 e. The first-order valence-corrected chi connectivity index (χ1v) is 6.36. The molecule has 0 bridgehead atoms. The van der Waals surface area contributed by atoms with Crippen LogP contribution in [0.25, 0.3) is 0 Å². The Balaban J connectivity index is 2.93. The summed E-state index contributed by atoms with van der Waals surface area (Å²) in [5, 5.41) is 22.5. The number of rotatable bonds is 7. The van der Waals surface area contributed by atoms with Crippen LogP contribution in [0.3, 0.4) is 0 Å². The monoisotopic (exact) mass is 295 g/mol. The molecule has 0 spiro atoms. The minimum absolute atomic E-state index is 0.0313. The molecule has 1 rings (SSSR count). The number of carboxylic acid groups (broad SMARTS) is 1. The topological polar surface area (TPSA) is 113 Å². The second-order valence-electron chi connectivity index (χ2n) is 4.47. The van der Waals surface area contributed by atoms with Crippen LogP contribution in [0.5, 0.6) is 0 Å². The number of carbonyl (C=O) groups excluding carboxylic acids is 1. The van der Waals surface area contributed by atoms with Crippen LogP contribution in [0.1, 0.15) is 23.7 Å². The van der Waals surface area contributed by atoms with Gasteiger partial charge in [0.1, 0.15) is 5.56 Å². The van der Waals surface area contributed by atoms with Gasteiger partial charge in [0.2, 0.25) is 5.91 Å². The molecule has 1 amide bonds. The van der Waals surface area contributed by atoms with Crippen LogP contribution in [-0.4, -0.2) is 42.0 Å². The third-order valence-corrected chi connectivity index (χ3v) is 2.80. The number of likely N-dealkylation sites (N-methyl/N-ethyl adjacent to an activating group) is 1. The Morgan fingerprint density at radius 3 is 2.62 bits per heavy atom. The predicted molar refractivity (Wildman–Crippen MR) is 76.6 cm³/mol. The van der Waals surface area contributed by atoms with Gasteiger partial charge in [0.25, 0.3) is 5.69 Å². The van der Waals surface area contributed by atoms with Gasteiger partial charge in [0, 0.05) is 25.3 Å². The van der Waals surface area contributed by atoms with Crippen LogP contribution in [0, 0.1) is 10.1 Å². The lowest BCUT2D eigenvalue weighted by Gasteiger charge is -2.18. The highest BCUT2D eigenvalue weighted by molar-refractivity contribution is 5.93. The van der Waals surface area contributed by atoms with E-state index in [-0.39, 0.29) is 18.0 Å². The minimum Gasteiger partial charge on any atom is -0.477 e. The van der Waals surface area contributed by atoms with Crippen LogP contribution in [-0.2, 0) is 4.79 Å². The van der Waals surface area contributed by atoms with E-state index in [9.17, 15) is 19.7 Å². The van der Waals surface area contributed by atoms with Crippen molar-refractivity contribution in [2.45, 2.75) is 13.3 Å². The molecule has 0 saturated carbocycles. The smallest absolute Gasteiger partial charge is 0.342 e. The fourth-order valence-electron chi connectivity index (χ4n) is 1.72. The predicted octanol–water partition coefficient (Wildman–Crippen LogP) is 1.26. The molecule has 8 heteroatoms. The van der Waals surface area contributed by atoms with E-state index in [0.29, 0.717) is 12.2 Å². The molecule has 8 nitrogen and oxygen atoms in total. The zero-order valence-electron chi connectivity index (χ0n) is 11.8. The van der Waals surface area contributed by atoms with Gasteiger partial charge in [0.05, 0.1) is 11.5 Å². The summed E-state index contributed by atoms with van der Waals surface area (Å²) in [6, 6.07) is 3.75. The van der Waals surface area contributed by atoms with Crippen molar-refractivity contribution >= 4 is 23.3 Å². The number of hydrogen-bond donors (Lipinski definition) is 2. The van der Waals surface area contributed by atoms with Crippen molar-refractivity contribution in [3.63, 3.8) is 0 Å². The van der Waals surface area contributed by atoms with E-state index in [4.69, 9.17) is 5.11 Å². The van der Waals surface area contributed by atoms with Gasteiger partial charge in [-0.2, -0.15) is 0 Å². The number of benzene rings is 1. The third-order valence-electron chi connectivity index (χ3n) is 2.80. The Morgan fingerprint density at radius 1 is 1.43 bits per heavy atom. The molecule has 114 valence electrons. The summed E-state index contributed by atoms with van der Waals surface area (Å²) >= 11 is 0. The Hall–Kier alpha value is -2.64. The Kier molecular flexibility index (Phi) is 5.65. The molecular formula is C13H17N3O5. The lowest BCUT2D eigenvalue weighted by atomic mass is 10.1. The van der Waals surface area contributed by atoms with Crippen molar-refractivity contribution in [3.8, 4) is 0 Å². The SMILES string of the molecule is CCCNC(=O)CN(C)c1ccc(C(=O)O)c([N+](=O)[O-])c1. The fourth-order valence-corrected chi connectivity index (χ4v) is 1.72. The first kappa shape index (κ1) is 16.4. The summed E-state index contributed by atoms with van der Waals surface area (Å²) in [6.45, 7) is 2.52. The summed E-state index contributed by atoms with van der Waals surface area (Å²) in [7, 11) is 1.60. The molecular weight excluding hydrogens is 278 g/mol. The van der Waals surface area contributed by atoms with Crippen molar-refractivity contribution in [2.75, 3.05) is 25.0 Å². The first-order valence-electron chi connectivity index (χ1n) is 6.36. The molecule has 0 unspecified atom stereocenters. The molecule has 0 saturated heterocycles. The van der Waals surface area contributed by atoms with Gasteiger partial charge in [-0.25, -0.2) is 4.79 Å². The van der Waals surface area contributed by atoms with E-state index in [2.05, 4.69) is 5.32 Å². The number of nitrogens with zero attached hydrogens (tertiary/aromatic N) is 2. The van der Waals surface area contributed by atoms with Crippen molar-refractivity contribution in [1.82, 2.24) is 5.32 Å². The van der Waals surface area contributed by atoms with E-state index in [1.165, 1.54) is 11.0 Å². The van der Waals surface area contributed by atoms with Gasteiger partial charge >= 0.3 is 5.97 Å². The van der Waals surface area contributed by atoms with Gasteiger partial charge in [-0.1, -0.05) is 6.92 Å². The van der Waals surface area contributed by atoms with Gasteiger partial charge in [-0.15, -0.1) is 0 Å². The number of hydrogen-bond acceptors (Lipinski definition) is 5. The molecule has 0 fully saturated rings. The summed E-state index contributed by atoms with van der Waals surface area (Å²) in [5.74, 6) is -1.57. The zero-order chi connectivity index (χ0) is 16.0. The number of amides is 1. The number of carboxylic acids is 1. The maximum absolute atomic E-state index is 11.6. The lowest BCUT2D eigenvalue weighted by molar-refractivity contribution is -0.385. The average molecular weight is 295 g/mol. The molecule has 0 heterocycles. The zero-order valence-corrected chi connectivity index (χ0v) is 11.8. The molecule has 0 atom stereocenters. The molecule has 0 aliphatic rings. The maximum Gasteiger partial charge on any atom is 0.342 e. The Labute approximate surface area is 121 Å². The minimum atomic E-state index is -1.36.